The molecule has 0 unspecified atom stereocenters. The molecule has 1 amide bonds. The molecule has 0 aliphatic heterocycles. The minimum absolute atomic E-state index is 0.0635. The van der Waals surface area contributed by atoms with Gasteiger partial charge in [0.05, 0.1) is 7.11 Å². The second-order valence-electron chi connectivity index (χ2n) is 4.90. The second-order valence-corrected chi connectivity index (χ2v) is 4.90. The second kappa shape index (κ2) is 7.90. The van der Waals surface area contributed by atoms with Crippen LogP contribution >= 0.6 is 0 Å². The molecule has 2 aromatic rings. The number of nitrogens with one attached hydrogen (secondary N) is 2. The smallest absolute Gasteiger partial charge is 0.270 e. The number of methoxy groups -OCH3 is 1. The molecule has 0 radical (unpaired) electrons. The largest absolute Gasteiger partial charge is 0.494 e. The van der Waals surface area contributed by atoms with E-state index in [2.05, 4.69) is 25.6 Å². The van der Waals surface area contributed by atoms with Gasteiger partial charge in [-0.1, -0.05) is 11.3 Å². The number of benzene rings is 1. The average Bonchev–Trinajstić information content (AvgIpc) is 2.60. The van der Waals surface area contributed by atoms with Crippen LogP contribution in [-0.4, -0.2) is 28.8 Å². The van der Waals surface area contributed by atoms with Crippen LogP contribution in [0.2, 0.25) is 0 Å². The minimum Gasteiger partial charge on any atom is -0.494 e. The monoisotopic (exact) mass is 345 g/mol. The van der Waals surface area contributed by atoms with Gasteiger partial charge in [0.15, 0.2) is 17.4 Å². The van der Waals surface area contributed by atoms with Gasteiger partial charge >= 0.3 is 0 Å². The Morgan fingerprint density at radius 1 is 1.36 bits per heavy atom. The Bertz CT molecular complexity index is 839. The Morgan fingerprint density at radius 2 is 2.08 bits per heavy atom. The number of aromatic nitrogens is 2. The average molecular weight is 345 g/mol. The fourth-order valence-electron chi connectivity index (χ4n) is 2.00. The predicted octanol–water partition coefficient (Wildman–Crippen LogP) is 1.51. The number of halogens is 1. The summed E-state index contributed by atoms with van der Waals surface area (Å²) >= 11 is 0. The molecule has 0 saturated heterocycles. The van der Waals surface area contributed by atoms with Crippen molar-refractivity contribution in [3.63, 3.8) is 0 Å². The van der Waals surface area contributed by atoms with Gasteiger partial charge in [0.2, 0.25) is 0 Å². The first-order chi connectivity index (χ1) is 11.9. The van der Waals surface area contributed by atoms with Gasteiger partial charge in [-0.15, -0.1) is 5.11 Å². The quantitative estimate of drug-likeness (QED) is 0.248. The van der Waals surface area contributed by atoms with E-state index >= 15 is 0 Å². The molecule has 4 N–H and O–H groups in total. The van der Waals surface area contributed by atoms with Crippen LogP contribution in [0.1, 0.15) is 27.6 Å². The van der Waals surface area contributed by atoms with E-state index in [1.54, 1.807) is 6.92 Å². The van der Waals surface area contributed by atoms with Gasteiger partial charge in [0.1, 0.15) is 17.2 Å². The van der Waals surface area contributed by atoms with E-state index in [1.165, 1.54) is 31.4 Å². The Kier molecular flexibility index (Phi) is 5.66. The van der Waals surface area contributed by atoms with Crippen molar-refractivity contribution in [3.8, 4) is 5.75 Å². The van der Waals surface area contributed by atoms with Gasteiger partial charge in [-0.2, -0.15) is 0 Å². The van der Waals surface area contributed by atoms with Gasteiger partial charge in [-0.25, -0.2) is 14.4 Å². The Morgan fingerprint density at radius 3 is 2.76 bits per heavy atom. The maximum atomic E-state index is 13.4. The molecule has 2 rings (SSSR count). The van der Waals surface area contributed by atoms with Crippen LogP contribution in [-0.2, 0) is 6.54 Å². The van der Waals surface area contributed by atoms with Gasteiger partial charge < -0.3 is 15.9 Å². The summed E-state index contributed by atoms with van der Waals surface area (Å²) in [4.78, 5) is 20.3. The lowest BCUT2D eigenvalue weighted by Crippen LogP contribution is -2.25. The van der Waals surface area contributed by atoms with Crippen LogP contribution in [0.3, 0.4) is 0 Å². The SMILES string of the molecule is COc1cc(CNC(=O)c2cc(C(=N)N=NN)nc(C)n2)ccc1F. The zero-order valence-electron chi connectivity index (χ0n) is 13.6. The van der Waals surface area contributed by atoms with E-state index in [4.69, 9.17) is 16.0 Å². The number of aryl methyl sites for hydroxylation is 1. The first-order valence-corrected chi connectivity index (χ1v) is 7.10. The van der Waals surface area contributed by atoms with Crippen LogP contribution in [0.4, 0.5) is 4.39 Å². The van der Waals surface area contributed by atoms with E-state index in [0.29, 0.717) is 11.4 Å². The maximum absolute atomic E-state index is 13.4. The number of amides is 1. The molecular formula is C15H16FN7O2. The van der Waals surface area contributed by atoms with Crippen LogP contribution in [0.5, 0.6) is 5.75 Å². The first-order valence-electron chi connectivity index (χ1n) is 7.10. The molecule has 0 saturated carbocycles. The highest BCUT2D eigenvalue weighted by molar-refractivity contribution is 5.98. The van der Waals surface area contributed by atoms with Crippen molar-refractivity contribution in [2.75, 3.05) is 7.11 Å². The summed E-state index contributed by atoms with van der Waals surface area (Å²) in [5, 5.41) is 16.7. The lowest BCUT2D eigenvalue weighted by Gasteiger charge is -2.08. The molecule has 130 valence electrons. The zero-order valence-corrected chi connectivity index (χ0v) is 13.6. The molecule has 0 fully saturated rings. The number of carbonyl (C=O) groups excluding carboxylic acids is 1. The Labute approximate surface area is 142 Å². The van der Waals surface area contributed by atoms with E-state index in [-0.39, 0.29) is 29.5 Å². The zero-order chi connectivity index (χ0) is 18.4. The summed E-state index contributed by atoms with van der Waals surface area (Å²) in [5.74, 6) is 4.04. The standard InChI is InChI=1S/C15H16FN7O2/c1-8-20-11(14(17)22-23-18)6-12(21-8)15(24)19-7-9-3-4-10(16)13(5-9)25-2/h3-6H,7H2,1-2H3,(H,19,24)(H3,17,18,22). The van der Waals surface area contributed by atoms with Crippen molar-refractivity contribution in [2.45, 2.75) is 13.5 Å². The van der Waals surface area contributed by atoms with Crippen LogP contribution < -0.4 is 15.9 Å². The van der Waals surface area contributed by atoms with E-state index in [9.17, 15) is 9.18 Å². The number of carbonyl (C=O) groups is 1. The summed E-state index contributed by atoms with van der Waals surface area (Å²) in [6.07, 6.45) is 0. The van der Waals surface area contributed by atoms with Gasteiger partial charge in [0.25, 0.3) is 5.91 Å². The minimum atomic E-state index is -0.485. The molecule has 1 aromatic carbocycles. The molecule has 25 heavy (non-hydrogen) atoms. The van der Waals surface area contributed by atoms with Crippen LogP contribution in [0.15, 0.2) is 34.6 Å². The normalized spacial score (nSPS) is 10.7. The van der Waals surface area contributed by atoms with Crippen molar-refractivity contribution in [2.24, 2.45) is 16.2 Å². The van der Waals surface area contributed by atoms with Crippen molar-refractivity contribution >= 4 is 11.7 Å². The highest BCUT2D eigenvalue weighted by Crippen LogP contribution is 2.18. The molecule has 0 bridgehead atoms. The van der Waals surface area contributed by atoms with Crippen LogP contribution in [0, 0.1) is 18.2 Å². The molecule has 1 heterocycles. The maximum Gasteiger partial charge on any atom is 0.270 e. The predicted molar refractivity (Wildman–Crippen MR) is 86.8 cm³/mol. The summed E-state index contributed by atoms with van der Waals surface area (Å²) in [6.45, 7) is 1.73. The molecule has 1 aromatic heterocycles. The van der Waals surface area contributed by atoms with Gasteiger partial charge in [-0.3, -0.25) is 10.2 Å². The van der Waals surface area contributed by atoms with Gasteiger partial charge in [-0.05, 0) is 30.7 Å². The van der Waals surface area contributed by atoms with Crippen molar-refractivity contribution < 1.29 is 13.9 Å². The fourth-order valence-corrected chi connectivity index (χ4v) is 2.00. The number of hydrogen-bond acceptors (Lipinski definition) is 6. The third-order valence-electron chi connectivity index (χ3n) is 3.14. The third kappa shape index (κ3) is 4.53. The number of nitrogens with two attached hydrogens (primary N) is 1. The summed E-state index contributed by atoms with van der Waals surface area (Å²) < 4.78 is 18.3. The fraction of sp³-hybridized carbons (Fsp3) is 0.200. The van der Waals surface area contributed by atoms with Gasteiger partial charge in [0, 0.05) is 6.54 Å². The topological polar surface area (TPSA) is 139 Å². The highest BCUT2D eigenvalue weighted by atomic mass is 19.1. The summed E-state index contributed by atoms with van der Waals surface area (Å²) in [7, 11) is 1.36. The van der Waals surface area contributed by atoms with E-state index in [0.717, 1.165) is 0 Å². The molecule has 0 aliphatic carbocycles. The molecule has 10 heteroatoms. The van der Waals surface area contributed by atoms with E-state index in [1.807, 2.05) is 0 Å². The summed E-state index contributed by atoms with van der Waals surface area (Å²) in [6, 6.07) is 5.59. The lowest BCUT2D eigenvalue weighted by atomic mass is 10.2. The molecule has 0 spiro atoms. The third-order valence-corrected chi connectivity index (χ3v) is 3.14. The first kappa shape index (κ1) is 17.9. The number of amidine groups is 1. The molecule has 0 aliphatic rings. The Balaban J connectivity index is 2.14. The molecule has 0 atom stereocenters. The highest BCUT2D eigenvalue weighted by Gasteiger charge is 2.13. The van der Waals surface area contributed by atoms with Crippen molar-refractivity contribution in [1.82, 2.24) is 15.3 Å². The Hall–Kier alpha value is -3.43. The number of rotatable bonds is 5. The lowest BCUT2D eigenvalue weighted by molar-refractivity contribution is 0.0945. The number of ether oxygens (including phenoxy) is 1. The molecule has 9 nitrogen and oxygen atoms in total. The van der Waals surface area contributed by atoms with E-state index < -0.39 is 11.7 Å². The van der Waals surface area contributed by atoms with Crippen LogP contribution in [0.25, 0.3) is 0 Å². The number of hydrogen-bond donors (Lipinski definition) is 3. The number of nitrogens with zero attached hydrogens (tertiary/aromatic N) is 4. The van der Waals surface area contributed by atoms with Crippen molar-refractivity contribution in [3.05, 3.63) is 52.9 Å². The summed E-state index contributed by atoms with van der Waals surface area (Å²) in [5.41, 5.74) is 0.839. The van der Waals surface area contributed by atoms with Crippen molar-refractivity contribution in [1.29, 1.82) is 5.41 Å². The molecular weight excluding hydrogens is 329 g/mol.